The molecule has 2 aromatic rings. The molecule has 0 saturated carbocycles. The molecule has 0 spiro atoms. The maximum absolute atomic E-state index is 12.1. The molecule has 0 atom stereocenters. The smallest absolute Gasteiger partial charge is 0.248 e. The Labute approximate surface area is 144 Å². The third-order valence-corrected chi connectivity index (χ3v) is 3.82. The molecule has 2 aromatic carbocycles. The zero-order valence-electron chi connectivity index (χ0n) is 15.0. The van der Waals surface area contributed by atoms with Gasteiger partial charge in [-0.1, -0.05) is 51.1 Å². The molecule has 0 aromatic heterocycles. The highest BCUT2D eigenvalue weighted by Crippen LogP contribution is 2.25. The number of aryl methyl sites for hydroxylation is 1. The van der Waals surface area contributed by atoms with Crippen LogP contribution in [0.1, 0.15) is 37.5 Å². The van der Waals surface area contributed by atoms with E-state index >= 15 is 0 Å². The highest BCUT2D eigenvalue weighted by molar-refractivity contribution is 6.02. The lowest BCUT2D eigenvalue weighted by molar-refractivity contribution is -0.111. The van der Waals surface area contributed by atoms with Crippen LogP contribution in [0.5, 0.6) is 5.75 Å². The van der Waals surface area contributed by atoms with Crippen LogP contribution in [0.15, 0.2) is 48.5 Å². The molecule has 0 saturated heterocycles. The van der Waals surface area contributed by atoms with Gasteiger partial charge in [0.05, 0.1) is 12.8 Å². The van der Waals surface area contributed by atoms with Gasteiger partial charge in [0.15, 0.2) is 0 Å². The van der Waals surface area contributed by atoms with Crippen LogP contribution in [0.4, 0.5) is 5.69 Å². The number of hydrogen-bond acceptors (Lipinski definition) is 2. The molecule has 3 heteroatoms. The van der Waals surface area contributed by atoms with E-state index in [2.05, 4.69) is 38.2 Å². The Balaban J connectivity index is 2.07. The van der Waals surface area contributed by atoms with E-state index in [1.165, 1.54) is 11.6 Å². The zero-order valence-corrected chi connectivity index (χ0v) is 15.0. The number of hydrogen-bond donors (Lipinski definition) is 1. The molecule has 0 aliphatic rings. The van der Waals surface area contributed by atoms with Crippen LogP contribution in [0.2, 0.25) is 0 Å². The molecule has 0 radical (unpaired) electrons. The van der Waals surface area contributed by atoms with Crippen LogP contribution in [0.25, 0.3) is 6.08 Å². The summed E-state index contributed by atoms with van der Waals surface area (Å²) in [5.41, 5.74) is 4.13. The van der Waals surface area contributed by atoms with Crippen LogP contribution >= 0.6 is 0 Å². The van der Waals surface area contributed by atoms with E-state index in [1.807, 2.05) is 43.3 Å². The van der Waals surface area contributed by atoms with E-state index in [9.17, 15) is 4.79 Å². The SMILES string of the molecule is COc1ccc(C)cc1NC(=O)/C=C/c1ccc(C(C)(C)C)cc1. The van der Waals surface area contributed by atoms with Crippen LogP contribution in [-0.4, -0.2) is 13.0 Å². The van der Waals surface area contributed by atoms with E-state index in [4.69, 9.17) is 4.74 Å². The summed E-state index contributed by atoms with van der Waals surface area (Å²) in [6.45, 7) is 8.52. The van der Waals surface area contributed by atoms with Crippen molar-refractivity contribution < 1.29 is 9.53 Å². The molecule has 0 unspecified atom stereocenters. The Bertz CT molecular complexity index is 737. The van der Waals surface area contributed by atoms with Gasteiger partial charge in [-0.3, -0.25) is 4.79 Å². The molecule has 2 rings (SSSR count). The highest BCUT2D eigenvalue weighted by atomic mass is 16.5. The number of carbonyl (C=O) groups is 1. The summed E-state index contributed by atoms with van der Waals surface area (Å²) in [6, 6.07) is 13.9. The molecule has 3 nitrogen and oxygen atoms in total. The minimum absolute atomic E-state index is 0.126. The summed E-state index contributed by atoms with van der Waals surface area (Å²) in [7, 11) is 1.59. The Hall–Kier alpha value is -2.55. The van der Waals surface area contributed by atoms with Crippen molar-refractivity contribution in [3.8, 4) is 5.75 Å². The van der Waals surface area contributed by atoms with Crippen molar-refractivity contribution in [1.82, 2.24) is 0 Å². The first-order valence-corrected chi connectivity index (χ1v) is 8.04. The van der Waals surface area contributed by atoms with E-state index < -0.39 is 0 Å². The summed E-state index contributed by atoms with van der Waals surface area (Å²) in [5.74, 6) is 0.468. The van der Waals surface area contributed by atoms with Crippen LogP contribution in [0.3, 0.4) is 0 Å². The number of rotatable bonds is 4. The highest BCUT2D eigenvalue weighted by Gasteiger charge is 2.12. The fourth-order valence-electron chi connectivity index (χ4n) is 2.36. The first-order valence-electron chi connectivity index (χ1n) is 8.04. The Morgan fingerprint density at radius 3 is 2.33 bits per heavy atom. The predicted molar refractivity (Wildman–Crippen MR) is 101 cm³/mol. The van der Waals surface area contributed by atoms with Gasteiger partial charge in [-0.25, -0.2) is 0 Å². The maximum atomic E-state index is 12.1. The summed E-state index contributed by atoms with van der Waals surface area (Å²) >= 11 is 0. The second-order valence-corrected chi connectivity index (χ2v) is 6.90. The first-order chi connectivity index (χ1) is 11.3. The monoisotopic (exact) mass is 323 g/mol. The second kappa shape index (κ2) is 7.35. The van der Waals surface area contributed by atoms with E-state index in [-0.39, 0.29) is 11.3 Å². The lowest BCUT2D eigenvalue weighted by Gasteiger charge is -2.18. The molecule has 0 fully saturated rings. The Kier molecular flexibility index (Phi) is 5.45. The van der Waals surface area contributed by atoms with Crippen molar-refractivity contribution in [2.24, 2.45) is 0 Å². The van der Waals surface area contributed by atoms with Gasteiger partial charge in [-0.2, -0.15) is 0 Å². The number of methoxy groups -OCH3 is 1. The van der Waals surface area contributed by atoms with Crippen molar-refractivity contribution in [3.05, 3.63) is 65.2 Å². The van der Waals surface area contributed by atoms with Crippen LogP contribution < -0.4 is 10.1 Å². The number of benzene rings is 2. The van der Waals surface area contributed by atoms with Crippen molar-refractivity contribution in [3.63, 3.8) is 0 Å². The normalized spacial score (nSPS) is 11.5. The molecule has 0 aliphatic carbocycles. The predicted octanol–water partition coefficient (Wildman–Crippen LogP) is 4.95. The average molecular weight is 323 g/mol. The lowest BCUT2D eigenvalue weighted by atomic mass is 9.87. The number of amides is 1. The van der Waals surface area contributed by atoms with Gasteiger partial charge in [-0.15, -0.1) is 0 Å². The number of nitrogens with one attached hydrogen (secondary N) is 1. The van der Waals surface area contributed by atoms with Gasteiger partial charge >= 0.3 is 0 Å². The van der Waals surface area contributed by atoms with Gasteiger partial charge in [-0.05, 0) is 47.2 Å². The number of ether oxygens (including phenoxy) is 1. The van der Waals surface area contributed by atoms with Crippen molar-refractivity contribution >= 4 is 17.7 Å². The quantitative estimate of drug-likeness (QED) is 0.808. The van der Waals surface area contributed by atoms with E-state index in [0.29, 0.717) is 11.4 Å². The molecule has 1 amide bonds. The minimum Gasteiger partial charge on any atom is -0.495 e. The molecule has 0 aliphatic heterocycles. The van der Waals surface area contributed by atoms with E-state index in [0.717, 1.165) is 11.1 Å². The van der Waals surface area contributed by atoms with Gasteiger partial charge in [0.1, 0.15) is 5.75 Å². The van der Waals surface area contributed by atoms with Gasteiger partial charge in [0.25, 0.3) is 0 Å². The topological polar surface area (TPSA) is 38.3 Å². The molecule has 0 heterocycles. The summed E-state index contributed by atoms with van der Waals surface area (Å²) in [5, 5.41) is 2.86. The fraction of sp³-hybridized carbons (Fsp3) is 0.286. The fourth-order valence-corrected chi connectivity index (χ4v) is 2.36. The number of anilines is 1. The molecule has 0 bridgehead atoms. The summed E-state index contributed by atoms with van der Waals surface area (Å²) in [4.78, 5) is 12.1. The molecular formula is C21H25NO2. The molecule has 126 valence electrons. The number of carbonyl (C=O) groups excluding carboxylic acids is 1. The molecular weight excluding hydrogens is 298 g/mol. The van der Waals surface area contributed by atoms with E-state index in [1.54, 1.807) is 7.11 Å². The zero-order chi connectivity index (χ0) is 17.7. The third kappa shape index (κ3) is 4.72. The van der Waals surface area contributed by atoms with Gasteiger partial charge in [0, 0.05) is 6.08 Å². The second-order valence-electron chi connectivity index (χ2n) is 6.90. The van der Waals surface area contributed by atoms with Gasteiger partial charge in [0.2, 0.25) is 5.91 Å². The average Bonchev–Trinajstić information content (AvgIpc) is 2.53. The molecule has 1 N–H and O–H groups in total. The largest absolute Gasteiger partial charge is 0.495 e. The Morgan fingerprint density at radius 1 is 1.08 bits per heavy atom. The van der Waals surface area contributed by atoms with Crippen molar-refractivity contribution in [2.75, 3.05) is 12.4 Å². The van der Waals surface area contributed by atoms with Crippen LogP contribution in [0, 0.1) is 6.92 Å². The maximum Gasteiger partial charge on any atom is 0.248 e. The minimum atomic E-state index is -0.182. The first kappa shape index (κ1) is 17.8. The third-order valence-electron chi connectivity index (χ3n) is 3.82. The summed E-state index contributed by atoms with van der Waals surface area (Å²) < 4.78 is 5.27. The standard InChI is InChI=1S/C21H25NO2/c1-15-6-12-19(24-5)18(14-15)22-20(23)13-9-16-7-10-17(11-8-16)21(2,3)4/h6-14H,1-5H3,(H,22,23)/b13-9+. The van der Waals surface area contributed by atoms with Crippen molar-refractivity contribution in [1.29, 1.82) is 0 Å². The lowest BCUT2D eigenvalue weighted by Crippen LogP contribution is -2.10. The van der Waals surface area contributed by atoms with Gasteiger partial charge < -0.3 is 10.1 Å². The molecule has 24 heavy (non-hydrogen) atoms. The Morgan fingerprint density at radius 2 is 1.75 bits per heavy atom. The van der Waals surface area contributed by atoms with Crippen molar-refractivity contribution in [2.45, 2.75) is 33.1 Å². The van der Waals surface area contributed by atoms with Crippen LogP contribution in [-0.2, 0) is 10.2 Å². The summed E-state index contributed by atoms with van der Waals surface area (Å²) in [6.07, 6.45) is 3.35.